The molecule has 4 nitrogen and oxygen atoms in total. The molecule has 1 heterocycles. The molecule has 1 aliphatic heterocycles. The van der Waals surface area contributed by atoms with Crippen LogP contribution in [0, 0.1) is 0 Å². The van der Waals surface area contributed by atoms with E-state index in [4.69, 9.17) is 14.2 Å². The Balaban J connectivity index is 2.12. The van der Waals surface area contributed by atoms with E-state index in [1.54, 1.807) is 6.92 Å². The van der Waals surface area contributed by atoms with Gasteiger partial charge in [0.05, 0.1) is 6.10 Å². The van der Waals surface area contributed by atoms with E-state index < -0.39 is 12.1 Å². The second kappa shape index (κ2) is 3.04. The molecular formula is C9H14O4. The Kier molecular flexibility index (Phi) is 2.14. The summed E-state index contributed by atoms with van der Waals surface area (Å²) >= 11 is 0. The summed E-state index contributed by atoms with van der Waals surface area (Å²) in [6, 6.07) is 0. The smallest absolute Gasteiger partial charge is 0.280 e. The number of hydrogen-bond donors (Lipinski definition) is 0. The molecule has 1 unspecified atom stereocenters. The van der Waals surface area contributed by atoms with Crippen molar-refractivity contribution in [2.24, 2.45) is 0 Å². The van der Waals surface area contributed by atoms with E-state index in [2.05, 4.69) is 0 Å². The highest BCUT2D eigenvalue weighted by molar-refractivity contribution is 5.84. The van der Waals surface area contributed by atoms with Gasteiger partial charge in [-0.1, -0.05) is 0 Å². The number of carbonyl (C=O) groups excluding carboxylic acids is 1. The van der Waals surface area contributed by atoms with Crippen molar-refractivity contribution in [1.29, 1.82) is 0 Å². The van der Waals surface area contributed by atoms with Crippen LogP contribution in [0.25, 0.3) is 0 Å². The largest absolute Gasteiger partial charge is 0.331 e. The highest BCUT2D eigenvalue weighted by atomic mass is 16.9. The van der Waals surface area contributed by atoms with Crippen molar-refractivity contribution >= 4 is 5.78 Å². The Hall–Kier alpha value is -0.450. The first-order valence-corrected chi connectivity index (χ1v) is 4.58. The average Bonchev–Trinajstić information content (AvgIpc) is 2.45. The fourth-order valence-electron chi connectivity index (χ4n) is 1.87. The summed E-state index contributed by atoms with van der Waals surface area (Å²) in [6.45, 7) is 1.69. The predicted molar refractivity (Wildman–Crippen MR) is 44.0 cm³/mol. The number of methoxy groups -OCH3 is 1. The van der Waals surface area contributed by atoms with Crippen LogP contribution in [-0.4, -0.2) is 31.1 Å². The molecule has 0 bridgehead atoms. The number of carbonyl (C=O) groups is 1. The number of hydrogen-bond acceptors (Lipinski definition) is 4. The third kappa shape index (κ3) is 1.49. The fourth-order valence-corrected chi connectivity index (χ4v) is 1.87. The van der Waals surface area contributed by atoms with Gasteiger partial charge in [0.2, 0.25) is 0 Å². The predicted octanol–water partition coefficient (Wildman–Crippen LogP) is 0.843. The third-order valence-electron chi connectivity index (χ3n) is 2.64. The quantitative estimate of drug-likeness (QED) is 0.608. The number of ether oxygens (including phenoxy) is 3. The first kappa shape index (κ1) is 9.12. The van der Waals surface area contributed by atoms with E-state index in [1.807, 2.05) is 0 Å². The first-order chi connectivity index (χ1) is 6.14. The molecule has 0 amide bonds. The van der Waals surface area contributed by atoms with Gasteiger partial charge in [0, 0.05) is 20.5 Å². The lowest BCUT2D eigenvalue weighted by atomic mass is 9.94. The second-order valence-electron chi connectivity index (χ2n) is 3.62. The van der Waals surface area contributed by atoms with Gasteiger partial charge in [-0.3, -0.25) is 4.79 Å². The Morgan fingerprint density at radius 2 is 2.31 bits per heavy atom. The molecular weight excluding hydrogens is 172 g/mol. The normalized spacial score (nSPS) is 44.9. The summed E-state index contributed by atoms with van der Waals surface area (Å²) < 4.78 is 16.0. The third-order valence-corrected chi connectivity index (χ3v) is 2.64. The summed E-state index contributed by atoms with van der Waals surface area (Å²) in [5, 5.41) is 0. The number of ketones is 1. The highest BCUT2D eigenvalue weighted by Gasteiger charge is 2.49. The van der Waals surface area contributed by atoms with Crippen molar-refractivity contribution in [2.45, 2.75) is 44.4 Å². The molecule has 0 radical (unpaired) electrons. The molecule has 0 aromatic heterocycles. The summed E-state index contributed by atoms with van der Waals surface area (Å²) in [6.07, 6.45) is 1.87. The van der Waals surface area contributed by atoms with Crippen LogP contribution in [0.4, 0.5) is 0 Å². The first-order valence-electron chi connectivity index (χ1n) is 4.58. The average molecular weight is 186 g/mol. The van der Waals surface area contributed by atoms with E-state index in [-0.39, 0.29) is 11.9 Å². The maximum Gasteiger partial charge on any atom is 0.280 e. The van der Waals surface area contributed by atoms with Crippen molar-refractivity contribution < 1.29 is 19.0 Å². The van der Waals surface area contributed by atoms with E-state index in [0.717, 1.165) is 12.8 Å². The van der Waals surface area contributed by atoms with Gasteiger partial charge >= 0.3 is 0 Å². The molecule has 2 aliphatic rings. The zero-order valence-corrected chi connectivity index (χ0v) is 7.91. The second-order valence-corrected chi connectivity index (χ2v) is 3.62. The lowest BCUT2D eigenvalue weighted by Gasteiger charge is -2.20. The molecule has 0 spiro atoms. The van der Waals surface area contributed by atoms with E-state index >= 15 is 0 Å². The van der Waals surface area contributed by atoms with Gasteiger partial charge in [-0.15, -0.1) is 0 Å². The summed E-state index contributed by atoms with van der Waals surface area (Å²) in [5.41, 5.74) is 0. The molecule has 3 atom stereocenters. The summed E-state index contributed by atoms with van der Waals surface area (Å²) in [5.74, 6) is -0.882. The van der Waals surface area contributed by atoms with E-state index in [0.29, 0.717) is 6.42 Å². The molecule has 0 aromatic carbocycles. The highest BCUT2D eigenvalue weighted by Crippen LogP contribution is 2.35. The minimum atomic E-state index is -1.02. The molecule has 1 saturated carbocycles. The van der Waals surface area contributed by atoms with Crippen molar-refractivity contribution in [3.63, 3.8) is 0 Å². The molecule has 0 aromatic rings. The molecule has 4 heteroatoms. The van der Waals surface area contributed by atoms with E-state index in [1.165, 1.54) is 7.11 Å². The lowest BCUT2D eigenvalue weighted by Crippen LogP contribution is -2.35. The summed E-state index contributed by atoms with van der Waals surface area (Å²) in [4.78, 5) is 11.4. The van der Waals surface area contributed by atoms with Gasteiger partial charge < -0.3 is 14.2 Å². The van der Waals surface area contributed by atoms with Gasteiger partial charge in [-0.25, -0.2) is 0 Å². The van der Waals surface area contributed by atoms with Crippen LogP contribution in [0.15, 0.2) is 0 Å². The fraction of sp³-hybridized carbons (Fsp3) is 0.889. The number of fused-ring (bicyclic) bond motifs is 1. The van der Waals surface area contributed by atoms with Gasteiger partial charge in [-0.05, 0) is 12.8 Å². The molecule has 74 valence electrons. The van der Waals surface area contributed by atoms with Crippen molar-refractivity contribution in [3.05, 3.63) is 0 Å². The van der Waals surface area contributed by atoms with Crippen LogP contribution in [0.2, 0.25) is 0 Å². The molecule has 1 aliphatic carbocycles. The number of rotatable bonds is 1. The molecule has 13 heavy (non-hydrogen) atoms. The van der Waals surface area contributed by atoms with Crippen molar-refractivity contribution in [1.82, 2.24) is 0 Å². The van der Waals surface area contributed by atoms with Gasteiger partial charge in [0.15, 0.2) is 5.78 Å². The van der Waals surface area contributed by atoms with Crippen LogP contribution in [0.3, 0.4) is 0 Å². The van der Waals surface area contributed by atoms with Gasteiger partial charge in [0.25, 0.3) is 5.97 Å². The maximum atomic E-state index is 11.4. The minimum Gasteiger partial charge on any atom is -0.331 e. The van der Waals surface area contributed by atoms with Crippen molar-refractivity contribution in [2.75, 3.05) is 7.11 Å². The number of Topliss-reactive ketones (excluding diaryl/α,β-unsaturated/α-hetero) is 1. The molecule has 2 rings (SSSR count). The Morgan fingerprint density at radius 1 is 1.54 bits per heavy atom. The van der Waals surface area contributed by atoms with E-state index in [9.17, 15) is 4.79 Å². The zero-order valence-electron chi connectivity index (χ0n) is 7.91. The van der Waals surface area contributed by atoms with Gasteiger partial charge in [-0.2, -0.15) is 0 Å². The van der Waals surface area contributed by atoms with Crippen LogP contribution in [-0.2, 0) is 19.0 Å². The Morgan fingerprint density at radius 3 is 2.92 bits per heavy atom. The van der Waals surface area contributed by atoms with Gasteiger partial charge in [0.1, 0.15) is 6.10 Å². The van der Waals surface area contributed by atoms with Crippen LogP contribution in [0.5, 0.6) is 0 Å². The molecule has 2 fully saturated rings. The molecule has 1 saturated heterocycles. The SMILES string of the molecule is COC1(C)O[C@@H]2CCCC(=O)[C@@H]2O1. The summed E-state index contributed by atoms with van der Waals surface area (Å²) in [7, 11) is 1.52. The maximum absolute atomic E-state index is 11.4. The molecule has 0 N–H and O–H groups in total. The Labute approximate surface area is 77.1 Å². The van der Waals surface area contributed by atoms with Crippen LogP contribution in [0.1, 0.15) is 26.2 Å². The standard InChI is InChI=1S/C9H14O4/c1-9(11-2)12-7-5-3-4-6(10)8(7)13-9/h7-8H,3-5H2,1-2H3/t7-,8+,9?/m1/s1. The van der Waals surface area contributed by atoms with Crippen molar-refractivity contribution in [3.8, 4) is 0 Å². The lowest BCUT2D eigenvalue weighted by molar-refractivity contribution is -0.316. The van der Waals surface area contributed by atoms with Crippen LogP contribution >= 0.6 is 0 Å². The Bertz CT molecular complexity index is 228. The topological polar surface area (TPSA) is 44.8 Å². The van der Waals surface area contributed by atoms with Crippen LogP contribution < -0.4 is 0 Å². The monoisotopic (exact) mass is 186 g/mol. The minimum absolute atomic E-state index is 0.105. The zero-order chi connectivity index (χ0) is 9.47.